The Morgan fingerprint density at radius 3 is 2.57 bits per heavy atom. The number of amides is 1. The lowest BCUT2D eigenvalue weighted by atomic mass is 9.86. The highest BCUT2D eigenvalue weighted by Gasteiger charge is 2.28. The molecule has 0 bridgehead atoms. The fraction of sp³-hybridized carbons (Fsp3) is 0.417. The Hall–Kier alpha value is -3.02. The maximum absolute atomic E-state index is 13.0. The topological polar surface area (TPSA) is 67.6 Å². The van der Waals surface area contributed by atoms with E-state index in [9.17, 15) is 4.79 Å². The fourth-order valence-electron chi connectivity index (χ4n) is 3.84. The first-order valence-electron chi connectivity index (χ1n) is 10.4. The van der Waals surface area contributed by atoms with Crippen LogP contribution in [-0.4, -0.2) is 31.1 Å². The molecule has 0 spiro atoms. The van der Waals surface area contributed by atoms with Gasteiger partial charge in [-0.25, -0.2) is 0 Å². The van der Waals surface area contributed by atoms with Gasteiger partial charge in [0.2, 0.25) is 5.91 Å². The van der Waals surface area contributed by atoms with Crippen LogP contribution in [0.4, 0.5) is 11.7 Å². The maximum Gasteiger partial charge on any atom is 0.298 e. The van der Waals surface area contributed by atoms with E-state index < -0.39 is 0 Å². The lowest BCUT2D eigenvalue weighted by Crippen LogP contribution is -2.38. The van der Waals surface area contributed by atoms with E-state index in [2.05, 4.69) is 36.0 Å². The molecule has 158 valence electrons. The smallest absolute Gasteiger partial charge is 0.298 e. The number of nitrogens with one attached hydrogen (secondary N) is 1. The highest BCUT2D eigenvalue weighted by Crippen LogP contribution is 2.33. The molecule has 1 amide bonds. The lowest BCUT2D eigenvalue weighted by molar-refractivity contribution is -0.120. The molecule has 6 heteroatoms. The van der Waals surface area contributed by atoms with Gasteiger partial charge in [-0.2, -0.15) is 4.98 Å². The largest absolute Gasteiger partial charge is 0.495 e. The van der Waals surface area contributed by atoms with Crippen molar-refractivity contribution in [2.24, 2.45) is 5.92 Å². The molecule has 1 aliphatic heterocycles. The third-order valence-electron chi connectivity index (χ3n) is 5.74. The van der Waals surface area contributed by atoms with Crippen LogP contribution in [0.1, 0.15) is 39.2 Å². The van der Waals surface area contributed by atoms with Crippen LogP contribution in [0.5, 0.6) is 5.75 Å². The number of aromatic nitrogens is 1. The Labute approximate surface area is 177 Å². The molecule has 6 nitrogen and oxygen atoms in total. The van der Waals surface area contributed by atoms with Crippen LogP contribution in [0.3, 0.4) is 0 Å². The molecule has 0 radical (unpaired) electrons. The molecular weight excluding hydrogens is 378 g/mol. The van der Waals surface area contributed by atoms with Crippen LogP contribution in [0, 0.1) is 5.92 Å². The number of nitrogens with zero attached hydrogens (tertiary/aromatic N) is 2. The summed E-state index contributed by atoms with van der Waals surface area (Å²) in [7, 11) is 1.63. The third-order valence-corrected chi connectivity index (χ3v) is 5.74. The normalized spacial score (nSPS) is 15.4. The summed E-state index contributed by atoms with van der Waals surface area (Å²) in [6.07, 6.45) is 1.51. The lowest BCUT2D eigenvalue weighted by Gasteiger charge is -2.30. The monoisotopic (exact) mass is 407 g/mol. The average Bonchev–Trinajstić information content (AvgIpc) is 3.17. The number of anilines is 2. The Bertz CT molecular complexity index is 1010. The number of methoxy groups -OCH3 is 1. The van der Waals surface area contributed by atoms with Gasteiger partial charge >= 0.3 is 0 Å². The number of hydrogen-bond acceptors (Lipinski definition) is 5. The first kappa shape index (κ1) is 20.3. The first-order valence-corrected chi connectivity index (χ1v) is 10.4. The third kappa shape index (κ3) is 4.13. The van der Waals surface area contributed by atoms with Gasteiger partial charge in [-0.3, -0.25) is 4.79 Å². The van der Waals surface area contributed by atoms with E-state index in [0.717, 1.165) is 48.3 Å². The van der Waals surface area contributed by atoms with Crippen LogP contribution < -0.4 is 15.0 Å². The number of benzene rings is 2. The predicted molar refractivity (Wildman–Crippen MR) is 119 cm³/mol. The van der Waals surface area contributed by atoms with E-state index in [1.807, 2.05) is 42.5 Å². The number of para-hydroxylation sites is 2. The predicted octanol–water partition coefficient (Wildman–Crippen LogP) is 4.99. The van der Waals surface area contributed by atoms with Crippen LogP contribution in [-0.2, 0) is 10.2 Å². The summed E-state index contributed by atoms with van der Waals surface area (Å²) >= 11 is 0. The number of rotatable bonds is 4. The molecule has 3 aromatic rings. The summed E-state index contributed by atoms with van der Waals surface area (Å²) in [5.41, 5.74) is 3.54. The van der Waals surface area contributed by atoms with Crippen LogP contribution in [0.2, 0.25) is 0 Å². The number of carbonyl (C=O) groups excluding carboxylic acids is 1. The number of ether oxygens (including phenoxy) is 1. The molecule has 30 heavy (non-hydrogen) atoms. The molecule has 4 rings (SSSR count). The maximum atomic E-state index is 13.0. The molecule has 0 aliphatic carbocycles. The summed E-state index contributed by atoms with van der Waals surface area (Å²) in [5.74, 6) is 0.672. The minimum absolute atomic E-state index is 0.00330. The van der Waals surface area contributed by atoms with Crippen LogP contribution in [0.25, 0.3) is 11.1 Å². The zero-order chi connectivity index (χ0) is 21.3. The minimum Gasteiger partial charge on any atom is -0.495 e. The molecule has 2 aromatic carbocycles. The second kappa shape index (κ2) is 8.01. The van der Waals surface area contributed by atoms with Gasteiger partial charge < -0.3 is 19.4 Å². The molecule has 1 aliphatic rings. The fourth-order valence-corrected chi connectivity index (χ4v) is 3.84. The summed E-state index contributed by atoms with van der Waals surface area (Å²) < 4.78 is 11.3. The number of carbonyl (C=O) groups is 1. The van der Waals surface area contributed by atoms with Crippen LogP contribution in [0.15, 0.2) is 46.9 Å². The van der Waals surface area contributed by atoms with Crippen molar-refractivity contribution in [1.82, 2.24) is 4.98 Å². The Morgan fingerprint density at radius 1 is 1.17 bits per heavy atom. The van der Waals surface area contributed by atoms with E-state index in [4.69, 9.17) is 9.15 Å². The summed E-state index contributed by atoms with van der Waals surface area (Å²) in [6, 6.07) is 14.4. The van der Waals surface area contributed by atoms with Crippen molar-refractivity contribution in [3.63, 3.8) is 0 Å². The molecule has 1 saturated heterocycles. The Morgan fingerprint density at radius 2 is 1.90 bits per heavy atom. The van der Waals surface area contributed by atoms with Crippen molar-refractivity contribution >= 4 is 28.7 Å². The zero-order valence-electron chi connectivity index (χ0n) is 18.1. The van der Waals surface area contributed by atoms with E-state index in [1.54, 1.807) is 7.11 Å². The minimum atomic E-state index is -0.0476. The van der Waals surface area contributed by atoms with Crippen molar-refractivity contribution in [3.8, 4) is 5.75 Å². The molecule has 0 saturated carbocycles. The van der Waals surface area contributed by atoms with Gasteiger partial charge in [0.25, 0.3) is 6.01 Å². The number of fused-ring (bicyclic) bond motifs is 1. The molecule has 2 heterocycles. The highest BCUT2D eigenvalue weighted by atomic mass is 16.5. The number of hydrogen-bond donors (Lipinski definition) is 1. The van der Waals surface area contributed by atoms with Gasteiger partial charge in [0.05, 0.1) is 12.8 Å². The number of oxazole rings is 1. The van der Waals surface area contributed by atoms with Crippen molar-refractivity contribution in [3.05, 3.63) is 48.0 Å². The van der Waals surface area contributed by atoms with Gasteiger partial charge in [0, 0.05) is 19.0 Å². The van der Waals surface area contributed by atoms with Gasteiger partial charge in [-0.15, -0.1) is 0 Å². The summed E-state index contributed by atoms with van der Waals surface area (Å²) in [4.78, 5) is 19.6. The molecule has 1 N–H and O–H groups in total. The average molecular weight is 408 g/mol. The van der Waals surface area contributed by atoms with Gasteiger partial charge in [-0.05, 0) is 48.1 Å². The summed E-state index contributed by atoms with van der Waals surface area (Å²) in [6.45, 7) is 7.95. The van der Waals surface area contributed by atoms with E-state index in [0.29, 0.717) is 11.8 Å². The van der Waals surface area contributed by atoms with E-state index >= 15 is 0 Å². The van der Waals surface area contributed by atoms with Crippen molar-refractivity contribution < 1.29 is 13.9 Å². The Balaban J connectivity index is 1.42. The second-order valence-electron chi connectivity index (χ2n) is 8.88. The summed E-state index contributed by atoms with van der Waals surface area (Å²) in [5, 5.41) is 3.10. The van der Waals surface area contributed by atoms with E-state index in [1.165, 1.54) is 0 Å². The second-order valence-corrected chi connectivity index (χ2v) is 8.88. The highest BCUT2D eigenvalue weighted by molar-refractivity contribution is 5.94. The standard InChI is InChI=1S/C24H29N3O3/c1-24(2,3)17-9-10-20(29-4)19(15-17)25-22(28)16-11-13-27(14-12-16)23-26-18-7-5-6-8-21(18)30-23/h5-10,15-16H,11-14H2,1-4H3,(H,25,28). The van der Waals surface area contributed by atoms with E-state index in [-0.39, 0.29) is 17.2 Å². The van der Waals surface area contributed by atoms with Gasteiger partial charge in [0.1, 0.15) is 11.3 Å². The van der Waals surface area contributed by atoms with Crippen molar-refractivity contribution in [2.45, 2.75) is 39.0 Å². The molecule has 1 aromatic heterocycles. The molecule has 1 fully saturated rings. The SMILES string of the molecule is COc1ccc(C(C)(C)C)cc1NC(=O)C1CCN(c2nc3ccccc3o2)CC1. The van der Waals surface area contributed by atoms with Gasteiger partial charge in [-0.1, -0.05) is 39.0 Å². The van der Waals surface area contributed by atoms with Gasteiger partial charge in [0.15, 0.2) is 5.58 Å². The zero-order valence-corrected chi connectivity index (χ0v) is 18.1. The molecular formula is C24H29N3O3. The van der Waals surface area contributed by atoms with Crippen LogP contribution >= 0.6 is 0 Å². The molecule has 0 unspecified atom stereocenters. The first-order chi connectivity index (χ1) is 14.3. The number of piperidine rings is 1. The van der Waals surface area contributed by atoms with Crippen molar-refractivity contribution in [1.29, 1.82) is 0 Å². The molecule has 0 atom stereocenters. The van der Waals surface area contributed by atoms with Crippen molar-refractivity contribution in [2.75, 3.05) is 30.4 Å². The quantitative estimate of drug-likeness (QED) is 0.660. The Kier molecular flexibility index (Phi) is 5.41.